The molecule has 0 heterocycles. The first kappa shape index (κ1) is 58.1. The number of rotatable bonds is 43. The molecule has 0 amide bonds. The van der Waals surface area contributed by atoms with E-state index in [1.807, 2.05) is 54.7 Å². The number of hydrogen-bond acceptors (Lipinski definition) is 6. The molecule has 1 unspecified atom stereocenters. The first-order chi connectivity index (χ1) is 30.5. The Morgan fingerprint density at radius 1 is 0.355 bits per heavy atom. The van der Waals surface area contributed by atoms with Gasteiger partial charge in [0.25, 0.3) is 0 Å². The molecule has 6 heteroatoms. The monoisotopic (exact) mass is 859 g/mol. The lowest BCUT2D eigenvalue weighted by atomic mass is 10.1. The summed E-state index contributed by atoms with van der Waals surface area (Å²) in [6.07, 6.45) is 66.5. The van der Waals surface area contributed by atoms with Crippen molar-refractivity contribution in [2.75, 3.05) is 13.2 Å². The number of hydrogen-bond donors (Lipinski definition) is 0. The van der Waals surface area contributed by atoms with Gasteiger partial charge in [-0.15, -0.1) is 0 Å². The zero-order valence-corrected chi connectivity index (χ0v) is 39.8. The van der Waals surface area contributed by atoms with E-state index in [0.717, 1.165) is 83.5 Å². The minimum absolute atomic E-state index is 0.111. The molecule has 0 fully saturated rings. The molecule has 0 aromatic rings. The molecule has 0 saturated carbocycles. The molecule has 0 aromatic heterocycles. The third kappa shape index (κ3) is 47.1. The van der Waals surface area contributed by atoms with E-state index in [1.54, 1.807) is 0 Å². The second kappa shape index (κ2) is 49.7. The lowest BCUT2D eigenvalue weighted by molar-refractivity contribution is -0.167. The van der Waals surface area contributed by atoms with Gasteiger partial charge in [-0.25, -0.2) is 0 Å². The molecule has 0 saturated heterocycles. The highest BCUT2D eigenvalue weighted by Gasteiger charge is 2.19. The molecule has 62 heavy (non-hydrogen) atoms. The van der Waals surface area contributed by atoms with Crippen LogP contribution in [0.1, 0.15) is 207 Å². The highest BCUT2D eigenvalue weighted by atomic mass is 16.6. The van der Waals surface area contributed by atoms with Gasteiger partial charge in [-0.1, -0.05) is 207 Å². The van der Waals surface area contributed by atoms with Crippen molar-refractivity contribution in [2.45, 2.75) is 213 Å². The van der Waals surface area contributed by atoms with Crippen molar-refractivity contribution in [1.82, 2.24) is 0 Å². The lowest BCUT2D eigenvalue weighted by Crippen LogP contribution is -2.30. The van der Waals surface area contributed by atoms with Crippen LogP contribution in [-0.2, 0) is 28.6 Å². The van der Waals surface area contributed by atoms with Crippen molar-refractivity contribution in [1.29, 1.82) is 0 Å². The van der Waals surface area contributed by atoms with Crippen molar-refractivity contribution >= 4 is 17.9 Å². The van der Waals surface area contributed by atoms with E-state index in [0.29, 0.717) is 19.3 Å². The Hall–Kier alpha value is -3.93. The third-order valence-electron chi connectivity index (χ3n) is 10.1. The van der Waals surface area contributed by atoms with Crippen LogP contribution in [-0.4, -0.2) is 37.2 Å². The van der Waals surface area contributed by atoms with Gasteiger partial charge in [-0.2, -0.15) is 0 Å². The average molecular weight is 859 g/mol. The summed E-state index contributed by atoms with van der Waals surface area (Å²) in [5.41, 5.74) is 0. The Labute approximate surface area is 380 Å². The van der Waals surface area contributed by atoms with E-state index in [9.17, 15) is 14.4 Å². The fraction of sp³-hybridized carbons (Fsp3) is 0.625. The molecule has 0 aliphatic heterocycles. The van der Waals surface area contributed by atoms with Crippen LogP contribution in [0.2, 0.25) is 0 Å². The van der Waals surface area contributed by atoms with Gasteiger partial charge in [0.15, 0.2) is 6.10 Å². The minimum atomic E-state index is -0.815. The third-order valence-corrected chi connectivity index (χ3v) is 10.1. The number of carbonyl (C=O) groups excluding carboxylic acids is 3. The molecule has 0 aliphatic rings. The van der Waals surface area contributed by atoms with Crippen molar-refractivity contribution in [3.05, 3.63) is 109 Å². The van der Waals surface area contributed by atoms with Crippen LogP contribution >= 0.6 is 0 Å². The Morgan fingerprint density at radius 3 is 1.24 bits per heavy atom. The molecular weight excluding hydrogens is 769 g/mol. The molecule has 0 N–H and O–H groups in total. The Morgan fingerprint density at radius 2 is 0.726 bits per heavy atom. The van der Waals surface area contributed by atoms with Gasteiger partial charge in [0.1, 0.15) is 13.2 Å². The second-order valence-corrected chi connectivity index (χ2v) is 16.1. The van der Waals surface area contributed by atoms with Crippen molar-refractivity contribution < 1.29 is 28.6 Å². The van der Waals surface area contributed by atoms with Crippen molar-refractivity contribution in [3.63, 3.8) is 0 Å². The van der Waals surface area contributed by atoms with Gasteiger partial charge in [-0.3, -0.25) is 14.4 Å². The summed E-state index contributed by atoms with van der Waals surface area (Å²) in [5.74, 6) is -1.01. The molecule has 0 radical (unpaired) electrons. The van der Waals surface area contributed by atoms with Crippen molar-refractivity contribution in [3.8, 4) is 0 Å². The Balaban J connectivity index is 4.52. The summed E-state index contributed by atoms with van der Waals surface area (Å²) >= 11 is 0. The van der Waals surface area contributed by atoms with Crippen LogP contribution in [0.25, 0.3) is 0 Å². The fourth-order valence-corrected chi connectivity index (χ4v) is 6.42. The SMILES string of the molecule is CC/C=C/C=C/C=C/C=C/C=C/CCCC(=O)OCC(COC(=O)CCCCCCCC/C=C/C/C=C/C/C=C/CC)OC(=O)CCCCCCCCC/C=C/CCCCCC. The maximum absolute atomic E-state index is 12.8. The highest BCUT2D eigenvalue weighted by molar-refractivity contribution is 5.71. The van der Waals surface area contributed by atoms with Gasteiger partial charge >= 0.3 is 17.9 Å². The zero-order chi connectivity index (χ0) is 45.1. The molecule has 1 atom stereocenters. The zero-order valence-electron chi connectivity index (χ0n) is 39.8. The number of allylic oxidation sites excluding steroid dienone is 18. The quantitative estimate of drug-likeness (QED) is 0.0200. The van der Waals surface area contributed by atoms with Gasteiger partial charge in [0, 0.05) is 19.3 Å². The van der Waals surface area contributed by atoms with E-state index in [4.69, 9.17) is 14.2 Å². The normalized spacial score (nSPS) is 13.0. The lowest BCUT2D eigenvalue weighted by Gasteiger charge is -2.18. The number of unbranched alkanes of at least 4 members (excludes halogenated alkanes) is 18. The molecule has 6 nitrogen and oxygen atoms in total. The largest absolute Gasteiger partial charge is 0.462 e. The van der Waals surface area contributed by atoms with Crippen LogP contribution in [0.5, 0.6) is 0 Å². The molecule has 0 rings (SSSR count). The molecule has 0 aliphatic carbocycles. The summed E-state index contributed by atoms with van der Waals surface area (Å²) in [6, 6.07) is 0. The summed E-state index contributed by atoms with van der Waals surface area (Å²) < 4.78 is 16.7. The van der Waals surface area contributed by atoms with Crippen LogP contribution in [0, 0.1) is 0 Å². The molecule has 0 aromatic carbocycles. The highest BCUT2D eigenvalue weighted by Crippen LogP contribution is 2.13. The number of carbonyl (C=O) groups is 3. The second-order valence-electron chi connectivity index (χ2n) is 16.1. The average Bonchev–Trinajstić information content (AvgIpc) is 3.27. The molecular formula is C56H90O6. The van der Waals surface area contributed by atoms with Crippen LogP contribution in [0.15, 0.2) is 109 Å². The topological polar surface area (TPSA) is 78.9 Å². The van der Waals surface area contributed by atoms with Crippen molar-refractivity contribution in [2.24, 2.45) is 0 Å². The first-order valence-electron chi connectivity index (χ1n) is 25.0. The van der Waals surface area contributed by atoms with Gasteiger partial charge < -0.3 is 14.2 Å². The minimum Gasteiger partial charge on any atom is -0.462 e. The molecule has 350 valence electrons. The number of esters is 3. The summed E-state index contributed by atoms with van der Waals surface area (Å²) in [6.45, 7) is 6.27. The van der Waals surface area contributed by atoms with Gasteiger partial charge in [0.05, 0.1) is 0 Å². The maximum atomic E-state index is 12.8. The van der Waals surface area contributed by atoms with E-state index in [-0.39, 0.29) is 37.5 Å². The van der Waals surface area contributed by atoms with Crippen LogP contribution < -0.4 is 0 Å². The number of ether oxygens (including phenoxy) is 3. The first-order valence-corrected chi connectivity index (χ1v) is 25.0. The summed E-state index contributed by atoms with van der Waals surface area (Å²) in [5, 5.41) is 0. The molecule has 0 bridgehead atoms. The maximum Gasteiger partial charge on any atom is 0.306 e. The van der Waals surface area contributed by atoms with Crippen LogP contribution in [0.4, 0.5) is 0 Å². The van der Waals surface area contributed by atoms with E-state index in [1.165, 1.54) is 77.0 Å². The predicted octanol–water partition coefficient (Wildman–Crippen LogP) is 16.4. The summed E-state index contributed by atoms with van der Waals surface area (Å²) in [4.78, 5) is 37.9. The van der Waals surface area contributed by atoms with Crippen LogP contribution in [0.3, 0.4) is 0 Å². The van der Waals surface area contributed by atoms with E-state index >= 15 is 0 Å². The molecule has 0 spiro atoms. The van der Waals surface area contributed by atoms with Gasteiger partial charge in [0.2, 0.25) is 0 Å². The van der Waals surface area contributed by atoms with Gasteiger partial charge in [-0.05, 0) is 89.9 Å². The Bertz CT molecular complexity index is 1310. The predicted molar refractivity (Wildman–Crippen MR) is 265 cm³/mol. The van der Waals surface area contributed by atoms with E-state index < -0.39 is 6.10 Å². The standard InChI is InChI=1S/C56H90O6/c1-4-7-10-13-16-19-22-25-27-29-31-34-37-40-43-46-49-55(58)61-52-53(51-60-54(57)48-45-42-39-36-33-30-24-21-18-15-12-9-6-3)62-56(59)50-47-44-41-38-35-32-28-26-23-20-17-14-11-8-5-2/h7,9-10,12,15-16,18-21,23-25,27,30,33,36,39,53H,4-6,8,11,13-14,17,22,26,28-29,31-32,34-35,37-38,40-52H2,1-3H3/b10-7+,12-9+,18-15+,19-16+,23-20+,24-21+,27-25+,33-30+,39-36+. The summed E-state index contributed by atoms with van der Waals surface area (Å²) in [7, 11) is 0. The van der Waals surface area contributed by atoms with E-state index in [2.05, 4.69) is 75.5 Å². The Kier molecular flexibility index (Phi) is 46.6. The fourth-order valence-electron chi connectivity index (χ4n) is 6.42. The smallest absolute Gasteiger partial charge is 0.306 e.